The zero-order chi connectivity index (χ0) is 24.8. The molecule has 2 saturated carbocycles. The number of likely N-dealkylation sites (tertiary alicyclic amines) is 1. The summed E-state index contributed by atoms with van der Waals surface area (Å²) in [5.41, 5.74) is 2.18. The van der Waals surface area contributed by atoms with E-state index in [0.29, 0.717) is 24.2 Å². The van der Waals surface area contributed by atoms with Crippen LogP contribution in [0.5, 0.6) is 11.5 Å². The highest BCUT2D eigenvalue weighted by Gasteiger charge is 2.73. The smallest absolute Gasteiger partial charge is 0.251 e. The van der Waals surface area contributed by atoms with E-state index in [0.717, 1.165) is 43.1 Å². The summed E-state index contributed by atoms with van der Waals surface area (Å²) in [5.74, 6) is 1.26. The molecular weight excluding hydrogens is 454 g/mol. The van der Waals surface area contributed by atoms with Crippen LogP contribution in [-0.2, 0) is 11.8 Å². The first-order valence-electron chi connectivity index (χ1n) is 13.4. The number of anilines is 1. The van der Waals surface area contributed by atoms with Crippen molar-refractivity contribution in [2.24, 2.45) is 5.92 Å². The molecule has 2 bridgehead atoms. The van der Waals surface area contributed by atoms with Gasteiger partial charge in [-0.25, -0.2) is 0 Å². The van der Waals surface area contributed by atoms with E-state index >= 15 is 0 Å². The number of nitrogens with zero attached hydrogens (tertiary/aromatic N) is 2. The van der Waals surface area contributed by atoms with Crippen LogP contribution < -0.4 is 15.0 Å². The van der Waals surface area contributed by atoms with Gasteiger partial charge in [0.1, 0.15) is 6.10 Å². The van der Waals surface area contributed by atoms with Crippen molar-refractivity contribution in [3.8, 4) is 11.5 Å². The Kier molecular flexibility index (Phi) is 4.75. The standard InChI is InChI=1S/C29H35N3O4/c1-31(2)20-5-3-4-19(14-20)27(34)30-21-10-11-29(35)23-15-18-8-9-22(33)25-24(18)28(29,26(21)36-25)12-13-32(23)16-17-6-7-17/h3-5,8-9,14,17,21,23,26,33,35H,6-7,10-13,15-16H2,1-2H3,(H,30,34)/t21-,23-,26+,28+,29-/m1/s1. The number of phenols is 1. The molecule has 2 heterocycles. The van der Waals surface area contributed by atoms with Gasteiger partial charge in [-0.05, 0) is 80.8 Å². The molecular formula is C29H35N3O4. The van der Waals surface area contributed by atoms with Crippen LogP contribution >= 0.6 is 0 Å². The summed E-state index contributed by atoms with van der Waals surface area (Å²) in [6, 6.07) is 11.1. The molecule has 0 aromatic heterocycles. The predicted molar refractivity (Wildman–Crippen MR) is 137 cm³/mol. The minimum absolute atomic E-state index is 0.0365. The maximum absolute atomic E-state index is 13.4. The summed E-state index contributed by atoms with van der Waals surface area (Å²) < 4.78 is 6.56. The Balaban J connectivity index is 1.26. The van der Waals surface area contributed by atoms with Crippen LogP contribution in [0.4, 0.5) is 5.69 Å². The van der Waals surface area contributed by atoms with Crippen LogP contribution in [-0.4, -0.2) is 72.0 Å². The first kappa shape index (κ1) is 22.4. The molecule has 3 N–H and O–H groups in total. The average molecular weight is 490 g/mol. The molecule has 7 heteroatoms. The third-order valence-electron chi connectivity index (χ3n) is 9.70. The molecule has 5 atom stereocenters. The van der Waals surface area contributed by atoms with E-state index in [4.69, 9.17) is 4.74 Å². The maximum Gasteiger partial charge on any atom is 0.251 e. The summed E-state index contributed by atoms with van der Waals surface area (Å²) in [6.07, 6.45) is 4.95. The van der Waals surface area contributed by atoms with Crippen molar-refractivity contribution in [1.82, 2.24) is 10.2 Å². The normalized spacial score (nSPS) is 34.0. The number of carbonyl (C=O) groups excluding carboxylic acids is 1. The molecule has 7 nitrogen and oxygen atoms in total. The molecule has 2 aromatic carbocycles. The topological polar surface area (TPSA) is 85.3 Å². The second-order valence-corrected chi connectivity index (χ2v) is 11.9. The zero-order valence-corrected chi connectivity index (χ0v) is 21.0. The van der Waals surface area contributed by atoms with Crippen LogP contribution in [0.2, 0.25) is 0 Å². The fourth-order valence-corrected chi connectivity index (χ4v) is 7.81. The van der Waals surface area contributed by atoms with Crippen LogP contribution in [0.1, 0.15) is 53.6 Å². The predicted octanol–water partition coefficient (Wildman–Crippen LogP) is 2.82. The van der Waals surface area contributed by atoms with Crippen molar-refractivity contribution in [3.05, 3.63) is 53.1 Å². The Bertz CT molecular complexity index is 1240. The molecule has 7 rings (SSSR count). The Hall–Kier alpha value is -2.77. The highest BCUT2D eigenvalue weighted by atomic mass is 16.5. The molecule has 2 aromatic rings. The number of aliphatic hydroxyl groups is 1. The number of hydrogen-bond acceptors (Lipinski definition) is 6. The summed E-state index contributed by atoms with van der Waals surface area (Å²) in [6.45, 7) is 1.96. The molecule has 5 aliphatic rings. The highest BCUT2D eigenvalue weighted by Crippen LogP contribution is 2.65. The van der Waals surface area contributed by atoms with Crippen LogP contribution in [0.25, 0.3) is 0 Å². The van der Waals surface area contributed by atoms with Gasteiger partial charge in [0, 0.05) is 43.5 Å². The third-order valence-corrected chi connectivity index (χ3v) is 9.70. The maximum atomic E-state index is 13.4. The Morgan fingerprint density at radius 3 is 2.81 bits per heavy atom. The van der Waals surface area contributed by atoms with Gasteiger partial charge in [0.05, 0.1) is 17.1 Å². The van der Waals surface area contributed by atoms with E-state index in [1.165, 1.54) is 18.4 Å². The summed E-state index contributed by atoms with van der Waals surface area (Å²) in [7, 11) is 3.92. The number of aromatic hydroxyl groups is 1. The second-order valence-electron chi connectivity index (χ2n) is 11.9. The lowest BCUT2D eigenvalue weighted by molar-refractivity contribution is -0.191. The molecule has 0 radical (unpaired) electrons. The van der Waals surface area contributed by atoms with E-state index in [2.05, 4.69) is 10.2 Å². The lowest BCUT2D eigenvalue weighted by Crippen LogP contribution is -2.78. The largest absolute Gasteiger partial charge is 0.504 e. The molecule has 1 saturated heterocycles. The van der Waals surface area contributed by atoms with Gasteiger partial charge in [-0.2, -0.15) is 0 Å². The van der Waals surface area contributed by atoms with Gasteiger partial charge in [-0.1, -0.05) is 12.1 Å². The van der Waals surface area contributed by atoms with Crippen LogP contribution in [0.15, 0.2) is 36.4 Å². The van der Waals surface area contributed by atoms with Gasteiger partial charge in [0.15, 0.2) is 11.5 Å². The van der Waals surface area contributed by atoms with E-state index in [-0.39, 0.29) is 23.7 Å². The zero-order valence-electron chi connectivity index (χ0n) is 21.0. The van der Waals surface area contributed by atoms with E-state index in [1.54, 1.807) is 6.07 Å². The van der Waals surface area contributed by atoms with Crippen molar-refractivity contribution in [3.63, 3.8) is 0 Å². The van der Waals surface area contributed by atoms with Gasteiger partial charge in [-0.15, -0.1) is 0 Å². The molecule has 1 amide bonds. The lowest BCUT2D eigenvalue weighted by atomic mass is 9.48. The van der Waals surface area contributed by atoms with Gasteiger partial charge >= 0.3 is 0 Å². The Labute approximate surface area is 212 Å². The van der Waals surface area contributed by atoms with Gasteiger partial charge < -0.3 is 25.2 Å². The minimum Gasteiger partial charge on any atom is -0.504 e. The molecule has 1 spiro atoms. The number of amides is 1. The van der Waals surface area contributed by atoms with Gasteiger partial charge in [-0.3, -0.25) is 9.69 Å². The van der Waals surface area contributed by atoms with Crippen molar-refractivity contribution < 1.29 is 19.7 Å². The van der Waals surface area contributed by atoms with Crippen molar-refractivity contribution in [2.75, 3.05) is 32.1 Å². The summed E-state index contributed by atoms with van der Waals surface area (Å²) in [4.78, 5) is 17.9. The quantitative estimate of drug-likeness (QED) is 0.599. The number of benzene rings is 2. The fraction of sp³-hybridized carbons (Fsp3) is 0.552. The fourth-order valence-electron chi connectivity index (χ4n) is 7.81. The Morgan fingerprint density at radius 1 is 1.19 bits per heavy atom. The van der Waals surface area contributed by atoms with Crippen LogP contribution in [0, 0.1) is 5.92 Å². The molecule has 3 aliphatic carbocycles. The first-order valence-corrected chi connectivity index (χ1v) is 13.4. The van der Waals surface area contributed by atoms with Crippen molar-refractivity contribution >= 4 is 11.6 Å². The number of rotatable bonds is 5. The average Bonchev–Trinajstić information content (AvgIpc) is 3.61. The second kappa shape index (κ2) is 7.62. The van der Waals surface area contributed by atoms with Gasteiger partial charge in [0.2, 0.25) is 0 Å². The summed E-state index contributed by atoms with van der Waals surface area (Å²) in [5, 5.41) is 26.6. The van der Waals surface area contributed by atoms with E-state index in [9.17, 15) is 15.0 Å². The highest BCUT2D eigenvalue weighted by molar-refractivity contribution is 5.95. The number of ether oxygens (including phenoxy) is 1. The molecule has 3 fully saturated rings. The molecule has 2 aliphatic heterocycles. The van der Waals surface area contributed by atoms with Crippen LogP contribution in [0.3, 0.4) is 0 Å². The van der Waals surface area contributed by atoms with Gasteiger partial charge in [0.25, 0.3) is 5.91 Å². The SMILES string of the molecule is CN(C)c1cccc(C(=O)N[C@@H]2CC[C@@]3(O)[C@H]4Cc5ccc(O)c6c5[C@@]3(CCN4CC3CC3)[C@H]2O6)c1. The molecule has 0 unspecified atom stereocenters. The van der Waals surface area contributed by atoms with Crippen molar-refractivity contribution in [2.45, 2.75) is 67.7 Å². The monoisotopic (exact) mass is 489 g/mol. The Morgan fingerprint density at radius 2 is 2.03 bits per heavy atom. The number of nitrogens with one attached hydrogen (secondary N) is 1. The number of hydrogen-bond donors (Lipinski definition) is 3. The van der Waals surface area contributed by atoms with Crippen molar-refractivity contribution in [1.29, 1.82) is 0 Å². The first-order chi connectivity index (χ1) is 17.3. The minimum atomic E-state index is -0.942. The van der Waals surface area contributed by atoms with E-state index < -0.39 is 17.1 Å². The number of piperidine rings is 1. The lowest BCUT2D eigenvalue weighted by Gasteiger charge is -2.64. The summed E-state index contributed by atoms with van der Waals surface area (Å²) >= 11 is 0. The molecule has 36 heavy (non-hydrogen) atoms. The number of phenolic OH excluding ortho intramolecular Hbond substituents is 1. The number of carbonyl (C=O) groups is 1. The molecule has 190 valence electrons. The van der Waals surface area contributed by atoms with E-state index in [1.807, 2.05) is 49.3 Å². The third kappa shape index (κ3) is 2.96.